The number of hydrogen-bond acceptors (Lipinski definition) is 3. The van der Waals surface area contributed by atoms with E-state index in [1.165, 1.54) is 0 Å². The van der Waals surface area contributed by atoms with Crippen molar-refractivity contribution in [3.05, 3.63) is 29.3 Å². The van der Waals surface area contributed by atoms with Crippen molar-refractivity contribution in [2.45, 2.75) is 11.2 Å². The van der Waals surface area contributed by atoms with Gasteiger partial charge >= 0.3 is 0 Å². The van der Waals surface area contributed by atoms with Gasteiger partial charge in [0.2, 0.25) is 0 Å². The van der Waals surface area contributed by atoms with E-state index in [1.54, 1.807) is 31.4 Å². The first kappa shape index (κ1) is 16.3. The largest absolute Gasteiger partial charge is 0.484 e. The van der Waals surface area contributed by atoms with Gasteiger partial charge in [-0.3, -0.25) is 4.79 Å². The van der Waals surface area contributed by atoms with Crippen LogP contribution in [0.2, 0.25) is 5.02 Å². The number of halogens is 2. The Labute approximate surface area is 126 Å². The number of carbonyl (C=O) groups is 1. The smallest absolute Gasteiger partial charge is 0.257 e. The summed E-state index contributed by atoms with van der Waals surface area (Å²) in [5.41, 5.74) is 0. The van der Waals surface area contributed by atoms with E-state index >= 15 is 0 Å². The molecule has 0 saturated heterocycles. The van der Waals surface area contributed by atoms with Crippen LogP contribution in [0.25, 0.3) is 0 Å². The molecule has 1 N–H and O–H groups in total. The molecule has 1 atom stereocenters. The number of carbonyl (C=O) groups excluding carboxylic acids is 1. The molecule has 0 heterocycles. The van der Waals surface area contributed by atoms with Crippen LogP contribution in [0.15, 0.2) is 24.3 Å². The highest BCUT2D eigenvalue weighted by molar-refractivity contribution is 9.09. The summed E-state index contributed by atoms with van der Waals surface area (Å²) in [4.78, 5) is 11.8. The zero-order valence-electron chi connectivity index (χ0n) is 10.7. The Morgan fingerprint density at radius 1 is 1.42 bits per heavy atom. The number of alkyl halides is 1. The SMILES string of the molecule is COCC(Br)CCNC(=O)COc1ccc(Cl)cc1. The Morgan fingerprint density at radius 3 is 2.74 bits per heavy atom. The summed E-state index contributed by atoms with van der Waals surface area (Å²) in [6.45, 7) is 1.21. The molecule has 6 heteroatoms. The van der Waals surface area contributed by atoms with E-state index in [1.807, 2.05) is 0 Å². The molecule has 0 aliphatic carbocycles. The van der Waals surface area contributed by atoms with Crippen molar-refractivity contribution in [1.82, 2.24) is 5.32 Å². The Morgan fingerprint density at radius 2 is 2.11 bits per heavy atom. The summed E-state index contributed by atoms with van der Waals surface area (Å²) in [5.74, 6) is 0.476. The van der Waals surface area contributed by atoms with E-state index in [0.29, 0.717) is 23.9 Å². The zero-order chi connectivity index (χ0) is 14.1. The maximum absolute atomic E-state index is 11.5. The van der Waals surface area contributed by atoms with Gasteiger partial charge in [-0.05, 0) is 30.7 Å². The van der Waals surface area contributed by atoms with Gasteiger partial charge in [0.1, 0.15) is 5.75 Å². The molecule has 4 nitrogen and oxygen atoms in total. The molecular formula is C13H17BrClNO3. The summed E-state index contributed by atoms with van der Waals surface area (Å²) in [6, 6.07) is 6.88. The summed E-state index contributed by atoms with van der Waals surface area (Å²) < 4.78 is 10.3. The minimum absolute atomic E-state index is 0.00113. The highest BCUT2D eigenvalue weighted by Gasteiger charge is 2.06. The van der Waals surface area contributed by atoms with Crippen LogP contribution in [-0.4, -0.2) is 37.6 Å². The molecular weight excluding hydrogens is 334 g/mol. The van der Waals surface area contributed by atoms with Crippen molar-refractivity contribution in [2.75, 3.05) is 26.9 Å². The maximum Gasteiger partial charge on any atom is 0.257 e. The molecule has 0 aromatic heterocycles. The molecule has 1 rings (SSSR count). The summed E-state index contributed by atoms with van der Waals surface area (Å²) in [7, 11) is 1.65. The number of methoxy groups -OCH3 is 1. The molecule has 0 aliphatic heterocycles. The number of ether oxygens (including phenoxy) is 2. The first-order chi connectivity index (χ1) is 9.11. The van der Waals surface area contributed by atoms with E-state index in [-0.39, 0.29) is 17.3 Å². The summed E-state index contributed by atoms with van der Waals surface area (Å²) in [5, 5.41) is 3.42. The molecule has 1 aromatic rings. The lowest BCUT2D eigenvalue weighted by Crippen LogP contribution is -2.31. The highest BCUT2D eigenvalue weighted by Crippen LogP contribution is 2.15. The quantitative estimate of drug-likeness (QED) is 0.733. The molecule has 19 heavy (non-hydrogen) atoms. The minimum atomic E-state index is -0.146. The van der Waals surface area contributed by atoms with Gasteiger partial charge in [0.15, 0.2) is 6.61 Å². The fourth-order valence-corrected chi connectivity index (χ4v) is 1.98. The number of nitrogens with one attached hydrogen (secondary N) is 1. The topological polar surface area (TPSA) is 47.6 Å². The van der Waals surface area contributed by atoms with E-state index in [4.69, 9.17) is 21.1 Å². The lowest BCUT2D eigenvalue weighted by Gasteiger charge is -2.10. The first-order valence-corrected chi connectivity index (χ1v) is 7.19. The third-order valence-electron chi connectivity index (χ3n) is 2.31. The van der Waals surface area contributed by atoms with Gasteiger partial charge in [0.25, 0.3) is 5.91 Å². The first-order valence-electron chi connectivity index (χ1n) is 5.90. The number of rotatable bonds is 8. The molecule has 1 amide bonds. The van der Waals surface area contributed by atoms with E-state index in [2.05, 4.69) is 21.2 Å². The maximum atomic E-state index is 11.5. The predicted octanol–water partition coefficient (Wildman–Crippen LogP) is 2.64. The number of hydrogen-bond donors (Lipinski definition) is 1. The lowest BCUT2D eigenvalue weighted by atomic mass is 10.3. The average Bonchev–Trinajstić information content (AvgIpc) is 2.38. The predicted molar refractivity (Wildman–Crippen MR) is 79.2 cm³/mol. The normalized spacial score (nSPS) is 11.9. The van der Waals surface area contributed by atoms with Crippen LogP contribution in [0.3, 0.4) is 0 Å². The van der Waals surface area contributed by atoms with Crippen molar-refractivity contribution < 1.29 is 14.3 Å². The van der Waals surface area contributed by atoms with Crippen LogP contribution in [0.5, 0.6) is 5.75 Å². The number of benzene rings is 1. The molecule has 0 fully saturated rings. The molecule has 0 bridgehead atoms. The third-order valence-corrected chi connectivity index (χ3v) is 3.28. The monoisotopic (exact) mass is 349 g/mol. The zero-order valence-corrected chi connectivity index (χ0v) is 13.0. The van der Waals surface area contributed by atoms with Gasteiger partial charge in [-0.25, -0.2) is 0 Å². The Balaban J connectivity index is 2.16. The molecule has 1 aromatic carbocycles. The molecule has 0 aliphatic rings. The number of amides is 1. The highest BCUT2D eigenvalue weighted by atomic mass is 79.9. The van der Waals surface area contributed by atoms with Crippen molar-refractivity contribution >= 4 is 33.4 Å². The Bertz CT molecular complexity index is 386. The summed E-state index contributed by atoms with van der Waals surface area (Å²) in [6.07, 6.45) is 0.806. The van der Waals surface area contributed by atoms with Crippen molar-refractivity contribution in [3.63, 3.8) is 0 Å². The summed E-state index contributed by atoms with van der Waals surface area (Å²) >= 11 is 9.20. The van der Waals surface area contributed by atoms with Crippen LogP contribution in [0, 0.1) is 0 Å². The van der Waals surface area contributed by atoms with Gasteiger partial charge in [-0.15, -0.1) is 0 Å². The van der Waals surface area contributed by atoms with E-state index in [9.17, 15) is 4.79 Å². The van der Waals surface area contributed by atoms with Gasteiger partial charge < -0.3 is 14.8 Å². The lowest BCUT2D eigenvalue weighted by molar-refractivity contribution is -0.123. The fraction of sp³-hybridized carbons (Fsp3) is 0.462. The van der Waals surface area contributed by atoms with Crippen molar-refractivity contribution in [1.29, 1.82) is 0 Å². The standard InChI is InChI=1S/C13H17BrClNO3/c1-18-8-10(14)6-7-16-13(17)9-19-12-4-2-11(15)3-5-12/h2-5,10H,6-9H2,1H3,(H,16,17). The van der Waals surface area contributed by atoms with Crippen LogP contribution in [-0.2, 0) is 9.53 Å². The molecule has 0 spiro atoms. The second-order valence-electron chi connectivity index (χ2n) is 3.93. The van der Waals surface area contributed by atoms with Crippen LogP contribution in [0.1, 0.15) is 6.42 Å². The Kier molecular flexibility index (Phi) is 7.86. The van der Waals surface area contributed by atoms with Crippen LogP contribution < -0.4 is 10.1 Å². The fourth-order valence-electron chi connectivity index (χ4n) is 1.36. The van der Waals surface area contributed by atoms with Crippen molar-refractivity contribution in [3.8, 4) is 5.75 Å². The van der Waals surface area contributed by atoms with Gasteiger partial charge in [0, 0.05) is 23.5 Å². The van der Waals surface area contributed by atoms with E-state index < -0.39 is 0 Å². The van der Waals surface area contributed by atoms with Crippen LogP contribution in [0.4, 0.5) is 0 Å². The van der Waals surface area contributed by atoms with Crippen LogP contribution >= 0.6 is 27.5 Å². The van der Waals surface area contributed by atoms with Gasteiger partial charge in [0.05, 0.1) is 6.61 Å². The molecule has 1 unspecified atom stereocenters. The third kappa shape index (κ3) is 7.40. The second-order valence-corrected chi connectivity index (χ2v) is 5.67. The molecule has 0 radical (unpaired) electrons. The second kappa shape index (κ2) is 9.18. The van der Waals surface area contributed by atoms with Gasteiger partial charge in [-0.1, -0.05) is 27.5 Å². The molecule has 0 saturated carbocycles. The van der Waals surface area contributed by atoms with E-state index in [0.717, 1.165) is 6.42 Å². The molecule has 106 valence electrons. The minimum Gasteiger partial charge on any atom is -0.484 e. The Hall–Kier alpha value is -0.780. The van der Waals surface area contributed by atoms with Crippen molar-refractivity contribution in [2.24, 2.45) is 0 Å². The van der Waals surface area contributed by atoms with Gasteiger partial charge in [-0.2, -0.15) is 0 Å². The average molecular weight is 351 g/mol.